The molecule has 0 saturated heterocycles. The summed E-state index contributed by atoms with van der Waals surface area (Å²) in [5.74, 6) is -1.21. The van der Waals surface area contributed by atoms with E-state index in [-0.39, 0.29) is 23.0 Å². The Labute approximate surface area is 130 Å². The van der Waals surface area contributed by atoms with Gasteiger partial charge in [0.05, 0.1) is 11.3 Å². The van der Waals surface area contributed by atoms with E-state index < -0.39 is 11.7 Å². The van der Waals surface area contributed by atoms with Crippen LogP contribution in [0.25, 0.3) is 0 Å². The number of anilines is 2. The van der Waals surface area contributed by atoms with E-state index in [9.17, 15) is 9.18 Å². The lowest BCUT2D eigenvalue weighted by Gasteiger charge is -2.17. The molecule has 1 amide bonds. The molecule has 110 valence electrons. The van der Waals surface area contributed by atoms with Crippen LogP contribution in [0.4, 0.5) is 15.8 Å². The molecule has 0 aromatic heterocycles. The zero-order valence-electron chi connectivity index (χ0n) is 11.4. The maximum atomic E-state index is 13.9. The van der Waals surface area contributed by atoms with Gasteiger partial charge in [0.25, 0.3) is 5.91 Å². The third kappa shape index (κ3) is 3.52. The van der Waals surface area contributed by atoms with Crippen molar-refractivity contribution in [3.8, 4) is 0 Å². The molecular formula is C15H15BrFN3O. The minimum atomic E-state index is -0.688. The Kier molecular flexibility index (Phi) is 4.47. The lowest BCUT2D eigenvalue weighted by Crippen LogP contribution is -2.15. The number of carbonyl (C=O) groups excluding carboxylic acids is 1. The van der Waals surface area contributed by atoms with E-state index in [4.69, 9.17) is 11.5 Å². The molecule has 0 radical (unpaired) electrons. The highest BCUT2D eigenvalue weighted by Crippen LogP contribution is 2.26. The fraction of sp³-hybridized carbons (Fsp3) is 0.133. The van der Waals surface area contributed by atoms with E-state index >= 15 is 0 Å². The SMILES string of the molecule is CC(Nc1cc(C(N)=O)c(N)cc1F)c1ccc(Br)cc1. The summed E-state index contributed by atoms with van der Waals surface area (Å²) in [6, 6.07) is 9.94. The van der Waals surface area contributed by atoms with Crippen molar-refractivity contribution in [1.29, 1.82) is 0 Å². The molecule has 0 aliphatic carbocycles. The van der Waals surface area contributed by atoms with E-state index in [0.717, 1.165) is 16.1 Å². The number of nitrogens with two attached hydrogens (primary N) is 2. The summed E-state index contributed by atoms with van der Waals surface area (Å²) in [6.45, 7) is 1.89. The number of benzene rings is 2. The first-order chi connectivity index (χ1) is 9.88. The molecule has 5 N–H and O–H groups in total. The van der Waals surface area contributed by atoms with Crippen LogP contribution in [-0.2, 0) is 0 Å². The minimum absolute atomic E-state index is 0.0295. The Morgan fingerprint density at radius 2 is 1.90 bits per heavy atom. The van der Waals surface area contributed by atoms with Crippen molar-refractivity contribution < 1.29 is 9.18 Å². The number of amides is 1. The summed E-state index contributed by atoms with van der Waals surface area (Å²) in [4.78, 5) is 11.3. The average Bonchev–Trinajstić information content (AvgIpc) is 2.42. The summed E-state index contributed by atoms with van der Waals surface area (Å²) in [5, 5.41) is 3.01. The van der Waals surface area contributed by atoms with Gasteiger partial charge in [0.2, 0.25) is 0 Å². The average molecular weight is 352 g/mol. The third-order valence-corrected chi connectivity index (χ3v) is 3.68. The summed E-state index contributed by atoms with van der Waals surface area (Å²) < 4.78 is 14.9. The van der Waals surface area contributed by atoms with Crippen LogP contribution < -0.4 is 16.8 Å². The molecule has 21 heavy (non-hydrogen) atoms. The summed E-state index contributed by atoms with van der Waals surface area (Å²) in [6.07, 6.45) is 0. The highest BCUT2D eigenvalue weighted by molar-refractivity contribution is 9.10. The Bertz CT molecular complexity index is 673. The topological polar surface area (TPSA) is 81.1 Å². The van der Waals surface area contributed by atoms with E-state index in [1.165, 1.54) is 6.07 Å². The first kappa shape index (κ1) is 15.3. The zero-order chi connectivity index (χ0) is 15.6. The number of hydrogen-bond acceptors (Lipinski definition) is 3. The fourth-order valence-electron chi connectivity index (χ4n) is 1.98. The van der Waals surface area contributed by atoms with Crippen molar-refractivity contribution in [2.75, 3.05) is 11.1 Å². The maximum absolute atomic E-state index is 13.9. The highest BCUT2D eigenvalue weighted by Gasteiger charge is 2.14. The van der Waals surface area contributed by atoms with Gasteiger partial charge in [-0.05, 0) is 36.8 Å². The van der Waals surface area contributed by atoms with Gasteiger partial charge in [0.15, 0.2) is 0 Å². The molecule has 4 nitrogen and oxygen atoms in total. The van der Waals surface area contributed by atoms with Gasteiger partial charge in [-0.1, -0.05) is 28.1 Å². The highest BCUT2D eigenvalue weighted by atomic mass is 79.9. The molecule has 0 aliphatic heterocycles. The van der Waals surface area contributed by atoms with Crippen LogP contribution in [0.5, 0.6) is 0 Å². The van der Waals surface area contributed by atoms with Gasteiger partial charge >= 0.3 is 0 Å². The first-order valence-corrected chi connectivity index (χ1v) is 7.08. The fourth-order valence-corrected chi connectivity index (χ4v) is 2.25. The lowest BCUT2D eigenvalue weighted by atomic mass is 10.1. The van der Waals surface area contributed by atoms with Crippen LogP contribution in [0.3, 0.4) is 0 Å². The smallest absolute Gasteiger partial charge is 0.250 e. The van der Waals surface area contributed by atoms with Crippen molar-refractivity contribution in [2.45, 2.75) is 13.0 Å². The first-order valence-electron chi connectivity index (χ1n) is 6.29. The second-order valence-corrected chi connectivity index (χ2v) is 5.62. The molecule has 1 unspecified atom stereocenters. The van der Waals surface area contributed by atoms with Crippen LogP contribution >= 0.6 is 15.9 Å². The second-order valence-electron chi connectivity index (χ2n) is 4.70. The molecule has 2 rings (SSSR count). The number of primary amides is 1. The molecule has 0 spiro atoms. The van der Waals surface area contributed by atoms with Gasteiger partial charge in [-0.15, -0.1) is 0 Å². The molecule has 2 aromatic carbocycles. The second kappa shape index (κ2) is 6.13. The van der Waals surface area contributed by atoms with E-state index in [0.29, 0.717) is 0 Å². The van der Waals surface area contributed by atoms with Gasteiger partial charge in [-0.25, -0.2) is 4.39 Å². The van der Waals surface area contributed by atoms with Crippen molar-refractivity contribution in [1.82, 2.24) is 0 Å². The van der Waals surface area contributed by atoms with E-state index in [1.54, 1.807) is 0 Å². The van der Waals surface area contributed by atoms with Crippen LogP contribution in [0, 0.1) is 5.82 Å². The van der Waals surface area contributed by atoms with Gasteiger partial charge in [-0.2, -0.15) is 0 Å². The van der Waals surface area contributed by atoms with Crippen molar-refractivity contribution >= 4 is 33.2 Å². The van der Waals surface area contributed by atoms with Gasteiger partial charge < -0.3 is 16.8 Å². The molecule has 0 bridgehead atoms. The zero-order valence-corrected chi connectivity index (χ0v) is 12.9. The standard InChI is InChI=1S/C15H15BrFN3O/c1-8(9-2-4-10(16)5-3-9)20-14-6-11(15(19)21)13(18)7-12(14)17/h2-8,20H,18H2,1H3,(H2,19,21). The van der Waals surface area contributed by atoms with Gasteiger partial charge in [-0.3, -0.25) is 4.79 Å². The van der Waals surface area contributed by atoms with E-state index in [1.807, 2.05) is 31.2 Å². The van der Waals surface area contributed by atoms with Crippen LogP contribution in [0.15, 0.2) is 40.9 Å². The number of nitrogen functional groups attached to an aromatic ring is 1. The molecular weight excluding hydrogens is 337 g/mol. The monoisotopic (exact) mass is 351 g/mol. The Hall–Kier alpha value is -2.08. The van der Waals surface area contributed by atoms with Gasteiger partial charge in [0.1, 0.15) is 5.82 Å². The van der Waals surface area contributed by atoms with Crippen LogP contribution in [-0.4, -0.2) is 5.91 Å². The Balaban J connectivity index is 2.28. The number of hydrogen-bond donors (Lipinski definition) is 3. The minimum Gasteiger partial charge on any atom is -0.398 e. The van der Waals surface area contributed by atoms with Crippen LogP contribution in [0.2, 0.25) is 0 Å². The Morgan fingerprint density at radius 1 is 1.29 bits per heavy atom. The summed E-state index contributed by atoms with van der Waals surface area (Å²) >= 11 is 3.36. The molecule has 2 aromatic rings. The predicted molar refractivity (Wildman–Crippen MR) is 85.5 cm³/mol. The Morgan fingerprint density at radius 3 is 2.48 bits per heavy atom. The molecule has 0 saturated carbocycles. The number of rotatable bonds is 4. The van der Waals surface area contributed by atoms with Crippen molar-refractivity contribution in [3.63, 3.8) is 0 Å². The summed E-state index contributed by atoms with van der Waals surface area (Å²) in [5.41, 5.74) is 12.1. The number of halogens is 2. The molecule has 0 fully saturated rings. The molecule has 6 heteroatoms. The molecule has 1 atom stereocenters. The number of carbonyl (C=O) groups is 1. The maximum Gasteiger partial charge on any atom is 0.250 e. The third-order valence-electron chi connectivity index (χ3n) is 3.15. The van der Waals surface area contributed by atoms with E-state index in [2.05, 4.69) is 21.2 Å². The quantitative estimate of drug-likeness (QED) is 0.738. The molecule has 0 heterocycles. The molecule has 0 aliphatic rings. The predicted octanol–water partition coefficient (Wildman–Crippen LogP) is 3.44. The van der Waals surface area contributed by atoms with Crippen molar-refractivity contribution in [3.05, 3.63) is 57.8 Å². The normalized spacial score (nSPS) is 12.0. The number of nitrogens with one attached hydrogen (secondary N) is 1. The van der Waals surface area contributed by atoms with Crippen molar-refractivity contribution in [2.24, 2.45) is 5.73 Å². The lowest BCUT2D eigenvalue weighted by molar-refractivity contribution is 0.100. The largest absolute Gasteiger partial charge is 0.398 e. The summed E-state index contributed by atoms with van der Waals surface area (Å²) in [7, 11) is 0. The van der Waals surface area contributed by atoms with Crippen LogP contribution in [0.1, 0.15) is 28.9 Å². The van der Waals surface area contributed by atoms with Gasteiger partial charge in [0, 0.05) is 16.2 Å².